The maximum absolute atomic E-state index is 14.1. The highest BCUT2D eigenvalue weighted by Gasteiger charge is 2.50. The Labute approximate surface area is 191 Å². The standard InChI is InChI=1S/C24H26FN5O3/c25-19-4-14(12-31)3-17(7-19)22-1-2-29-30(22)24(32)21-8-18(15-5-16(21)6-15)13-33-23-11-27-20(9-26)10-28-23/h2-4,7,10-11,15-16,18,21-22,24,31-32H,1,5-6,8,12-13H2. The number of rotatable bonds is 7. The predicted octanol–water partition coefficient (Wildman–Crippen LogP) is 2.77. The monoisotopic (exact) mass is 451 g/mol. The average Bonchev–Trinajstić information content (AvgIpc) is 3.31. The normalized spacial score (nSPS) is 28.8. The number of halogens is 1. The third-order valence-corrected chi connectivity index (χ3v) is 7.31. The van der Waals surface area contributed by atoms with Gasteiger partial charge in [-0.15, -0.1) is 0 Å². The quantitative estimate of drug-likeness (QED) is 0.665. The number of aliphatic hydroxyl groups excluding tert-OH is 2. The van der Waals surface area contributed by atoms with Crippen molar-refractivity contribution in [3.05, 3.63) is 53.2 Å². The molecule has 6 rings (SSSR count). The van der Waals surface area contributed by atoms with Crippen molar-refractivity contribution >= 4 is 6.21 Å². The van der Waals surface area contributed by atoms with E-state index in [1.165, 1.54) is 24.5 Å². The number of fused-ring (bicyclic) bond motifs is 2. The fourth-order valence-corrected chi connectivity index (χ4v) is 5.51. The molecule has 4 unspecified atom stereocenters. The van der Waals surface area contributed by atoms with Gasteiger partial charge in [-0.1, -0.05) is 6.07 Å². The largest absolute Gasteiger partial charge is 0.476 e. The zero-order chi connectivity index (χ0) is 22.9. The minimum absolute atomic E-state index is 0.0410. The second-order valence-corrected chi connectivity index (χ2v) is 9.21. The van der Waals surface area contributed by atoms with E-state index in [9.17, 15) is 14.6 Å². The van der Waals surface area contributed by atoms with Gasteiger partial charge < -0.3 is 14.9 Å². The van der Waals surface area contributed by atoms with Gasteiger partial charge >= 0.3 is 0 Å². The summed E-state index contributed by atoms with van der Waals surface area (Å²) in [5, 5.41) is 35.8. The van der Waals surface area contributed by atoms with E-state index in [-0.39, 0.29) is 30.2 Å². The minimum Gasteiger partial charge on any atom is -0.476 e. The summed E-state index contributed by atoms with van der Waals surface area (Å²) < 4.78 is 19.9. The van der Waals surface area contributed by atoms with E-state index < -0.39 is 12.0 Å². The second kappa shape index (κ2) is 9.04. The van der Waals surface area contributed by atoms with E-state index in [2.05, 4.69) is 15.1 Å². The highest BCUT2D eigenvalue weighted by Crippen LogP contribution is 2.54. The van der Waals surface area contributed by atoms with Crippen LogP contribution in [0.2, 0.25) is 0 Å². The van der Waals surface area contributed by atoms with Crippen molar-refractivity contribution in [3.8, 4) is 11.9 Å². The molecule has 0 saturated heterocycles. The Balaban J connectivity index is 1.26. The lowest BCUT2D eigenvalue weighted by atomic mass is 9.55. The number of nitriles is 1. The Kier molecular flexibility index (Phi) is 5.96. The zero-order valence-corrected chi connectivity index (χ0v) is 18.1. The summed E-state index contributed by atoms with van der Waals surface area (Å²) in [6.45, 7) is 0.246. The molecule has 2 heterocycles. The van der Waals surface area contributed by atoms with E-state index in [0.717, 1.165) is 19.3 Å². The molecule has 1 aliphatic heterocycles. The predicted molar refractivity (Wildman–Crippen MR) is 116 cm³/mol. The Hall–Kier alpha value is -3.09. The Morgan fingerprint density at radius 1 is 1.18 bits per heavy atom. The Morgan fingerprint density at radius 2 is 2.03 bits per heavy atom. The number of nitrogens with zero attached hydrogens (tertiary/aromatic N) is 5. The van der Waals surface area contributed by atoms with Gasteiger partial charge in [0.2, 0.25) is 5.88 Å². The van der Waals surface area contributed by atoms with E-state index >= 15 is 0 Å². The molecule has 2 bridgehead atoms. The molecule has 0 amide bonds. The summed E-state index contributed by atoms with van der Waals surface area (Å²) in [5.74, 6) is 1.32. The molecule has 4 aliphatic rings. The highest BCUT2D eigenvalue weighted by molar-refractivity contribution is 5.61. The van der Waals surface area contributed by atoms with E-state index in [4.69, 9.17) is 10.00 Å². The van der Waals surface area contributed by atoms with Crippen LogP contribution >= 0.6 is 0 Å². The molecule has 172 valence electrons. The SMILES string of the molecule is N#Cc1cnc(OCC2CC(C(O)N3N=CCC3c3cc(F)cc(CO)c3)C3CC2C3)cn1. The summed E-state index contributed by atoms with van der Waals surface area (Å²) >= 11 is 0. The first-order valence-electron chi connectivity index (χ1n) is 11.3. The van der Waals surface area contributed by atoms with Crippen molar-refractivity contribution in [1.82, 2.24) is 15.0 Å². The topological polar surface area (TPSA) is 115 Å². The van der Waals surface area contributed by atoms with E-state index in [1.54, 1.807) is 17.3 Å². The van der Waals surface area contributed by atoms with E-state index in [0.29, 0.717) is 41.9 Å². The molecule has 2 aromatic rings. The Morgan fingerprint density at radius 3 is 2.76 bits per heavy atom. The summed E-state index contributed by atoms with van der Waals surface area (Å²) in [7, 11) is 0. The number of hydrogen-bond acceptors (Lipinski definition) is 8. The first-order valence-corrected chi connectivity index (χ1v) is 11.3. The van der Waals surface area contributed by atoms with Crippen LogP contribution in [0.5, 0.6) is 5.88 Å². The van der Waals surface area contributed by atoms with Crippen LogP contribution in [0.25, 0.3) is 0 Å². The molecule has 33 heavy (non-hydrogen) atoms. The van der Waals surface area contributed by atoms with Crippen LogP contribution in [0.15, 0.2) is 35.7 Å². The third kappa shape index (κ3) is 4.28. The van der Waals surface area contributed by atoms with Crippen LogP contribution < -0.4 is 4.74 Å². The fraction of sp³-hybridized carbons (Fsp3) is 0.500. The second-order valence-electron chi connectivity index (χ2n) is 9.21. The van der Waals surface area contributed by atoms with Gasteiger partial charge in [0.05, 0.1) is 31.6 Å². The van der Waals surface area contributed by atoms with Gasteiger partial charge in [-0.2, -0.15) is 10.4 Å². The van der Waals surface area contributed by atoms with Gasteiger partial charge in [-0.25, -0.2) is 14.4 Å². The third-order valence-electron chi connectivity index (χ3n) is 7.31. The first-order chi connectivity index (χ1) is 16.1. The lowest BCUT2D eigenvalue weighted by Gasteiger charge is -2.53. The Bertz CT molecular complexity index is 1070. The molecule has 2 N–H and O–H groups in total. The van der Waals surface area contributed by atoms with Gasteiger partial charge in [-0.05, 0) is 60.3 Å². The lowest BCUT2D eigenvalue weighted by molar-refractivity contribution is -0.136. The summed E-state index contributed by atoms with van der Waals surface area (Å²) in [4.78, 5) is 8.11. The van der Waals surface area contributed by atoms with Crippen LogP contribution in [0, 0.1) is 40.8 Å². The van der Waals surface area contributed by atoms with Gasteiger partial charge in [0.1, 0.15) is 18.1 Å². The van der Waals surface area contributed by atoms with Crippen LogP contribution in [-0.4, -0.2) is 44.2 Å². The highest BCUT2D eigenvalue weighted by atomic mass is 19.1. The molecular weight excluding hydrogens is 425 g/mol. The number of benzene rings is 1. The van der Waals surface area contributed by atoms with Crippen molar-refractivity contribution in [1.29, 1.82) is 5.26 Å². The lowest BCUT2D eigenvalue weighted by Crippen LogP contribution is -2.52. The van der Waals surface area contributed by atoms with Gasteiger partial charge in [0, 0.05) is 18.6 Å². The molecule has 0 radical (unpaired) electrons. The molecule has 3 saturated carbocycles. The summed E-state index contributed by atoms with van der Waals surface area (Å²) in [5.41, 5.74) is 1.46. The van der Waals surface area contributed by atoms with Crippen molar-refractivity contribution in [2.24, 2.45) is 28.8 Å². The van der Waals surface area contributed by atoms with Crippen LogP contribution in [0.1, 0.15) is 48.5 Å². The average molecular weight is 452 g/mol. The summed E-state index contributed by atoms with van der Waals surface area (Å²) in [6, 6.07) is 6.22. The fourth-order valence-electron chi connectivity index (χ4n) is 5.51. The smallest absolute Gasteiger partial charge is 0.232 e. The van der Waals surface area contributed by atoms with Crippen molar-refractivity contribution in [2.45, 2.75) is 44.6 Å². The molecule has 8 nitrogen and oxygen atoms in total. The number of hydrazone groups is 1. The first kappa shape index (κ1) is 21.7. The molecule has 3 aliphatic carbocycles. The molecule has 1 aromatic heterocycles. The number of aromatic nitrogens is 2. The molecule has 9 heteroatoms. The number of hydrogen-bond donors (Lipinski definition) is 2. The molecular formula is C24H26FN5O3. The maximum Gasteiger partial charge on any atom is 0.232 e. The van der Waals surface area contributed by atoms with Crippen LogP contribution in [0.4, 0.5) is 4.39 Å². The van der Waals surface area contributed by atoms with Crippen molar-refractivity contribution in [3.63, 3.8) is 0 Å². The molecule has 1 aromatic carbocycles. The van der Waals surface area contributed by atoms with Crippen LogP contribution in [-0.2, 0) is 6.61 Å². The molecule has 4 atom stereocenters. The van der Waals surface area contributed by atoms with Crippen molar-refractivity contribution in [2.75, 3.05) is 6.61 Å². The minimum atomic E-state index is -0.780. The maximum atomic E-state index is 14.1. The number of ether oxygens (including phenoxy) is 1. The number of aliphatic hydroxyl groups is 2. The van der Waals surface area contributed by atoms with Crippen LogP contribution in [0.3, 0.4) is 0 Å². The van der Waals surface area contributed by atoms with E-state index in [1.807, 2.05) is 6.07 Å². The van der Waals surface area contributed by atoms with Gasteiger partial charge in [-0.3, -0.25) is 5.01 Å². The zero-order valence-electron chi connectivity index (χ0n) is 18.1. The van der Waals surface area contributed by atoms with Crippen molar-refractivity contribution < 1.29 is 19.3 Å². The molecule has 3 fully saturated rings. The van der Waals surface area contributed by atoms with Gasteiger partial charge in [0.15, 0.2) is 5.69 Å². The van der Waals surface area contributed by atoms with Gasteiger partial charge in [0.25, 0.3) is 0 Å². The summed E-state index contributed by atoms with van der Waals surface area (Å²) in [6.07, 6.45) is 7.31. The molecule has 0 spiro atoms.